The highest BCUT2D eigenvalue weighted by atomic mass is 32.1. The number of rotatable bonds is 4. The van der Waals surface area contributed by atoms with E-state index in [-0.39, 0.29) is 35.9 Å². The number of nitrogens with zero attached hydrogens (tertiary/aromatic N) is 2. The van der Waals surface area contributed by atoms with Crippen LogP contribution in [0.2, 0.25) is 0 Å². The Labute approximate surface area is 209 Å². The summed E-state index contributed by atoms with van der Waals surface area (Å²) in [6, 6.07) is 17.8. The number of hydrogen-bond acceptors (Lipinski definition) is 5. The number of aromatic nitrogens is 1. The molecular formula is C28H30N4O2S. The van der Waals surface area contributed by atoms with Crippen LogP contribution >= 0.6 is 11.3 Å². The molecule has 2 N–H and O–H groups in total. The van der Waals surface area contributed by atoms with E-state index in [2.05, 4.69) is 38.7 Å². The number of likely N-dealkylation sites (tertiary alicyclic amines) is 1. The molecule has 180 valence electrons. The molecule has 0 radical (unpaired) electrons. The van der Waals surface area contributed by atoms with Crippen LogP contribution in [0.5, 0.6) is 0 Å². The highest BCUT2D eigenvalue weighted by molar-refractivity contribution is 7.09. The number of hydrogen-bond donors (Lipinski definition) is 2. The second-order valence-corrected chi connectivity index (χ2v) is 10.8. The Morgan fingerprint density at radius 1 is 1.00 bits per heavy atom. The number of fused-ring (bicyclic) bond motifs is 3. The van der Waals surface area contributed by atoms with E-state index in [0.29, 0.717) is 11.5 Å². The van der Waals surface area contributed by atoms with Crippen LogP contribution in [0.25, 0.3) is 0 Å². The number of amides is 2. The van der Waals surface area contributed by atoms with Gasteiger partial charge in [-0.05, 0) is 43.0 Å². The Kier molecular flexibility index (Phi) is 6.02. The summed E-state index contributed by atoms with van der Waals surface area (Å²) in [6.45, 7) is 0.745. The average molecular weight is 487 g/mol. The lowest BCUT2D eigenvalue weighted by Crippen LogP contribution is -2.50. The molecule has 3 heterocycles. The van der Waals surface area contributed by atoms with Gasteiger partial charge in [-0.15, -0.1) is 11.3 Å². The molecule has 2 aromatic carbocycles. The highest BCUT2D eigenvalue weighted by Gasteiger charge is 2.48. The summed E-state index contributed by atoms with van der Waals surface area (Å²) in [5.41, 5.74) is 4.83. The van der Waals surface area contributed by atoms with E-state index in [0.717, 1.165) is 44.3 Å². The third-order valence-corrected chi connectivity index (χ3v) is 8.80. The maximum atomic E-state index is 14.1. The molecule has 2 fully saturated rings. The lowest BCUT2D eigenvalue weighted by atomic mass is 9.80. The number of carbonyl (C=O) groups is 2. The van der Waals surface area contributed by atoms with E-state index in [1.54, 1.807) is 11.3 Å². The van der Waals surface area contributed by atoms with E-state index in [1.807, 2.05) is 48.1 Å². The quantitative estimate of drug-likeness (QED) is 0.532. The standard InChI is InChI=1S/C28H30N4O2S/c33-27(18-8-2-1-3-9-18)31-23-13-7-5-11-20(23)28(34)32-15-14-21-25(24-16-29-17-35-24)30-22-12-6-4-10-19(22)26(21)32/h1-4,6,8-10,12,16-17,20-21,23,25-26,30H,5,7,11,13-15H2,(H,31,33)/t20-,21-,23+,25+,26-/m0/s1. The van der Waals surface area contributed by atoms with Gasteiger partial charge in [-0.2, -0.15) is 0 Å². The minimum absolute atomic E-state index is 0.0412. The molecule has 1 aliphatic carbocycles. The molecule has 0 unspecified atom stereocenters. The molecule has 2 amide bonds. The number of para-hydroxylation sites is 1. The summed E-state index contributed by atoms with van der Waals surface area (Å²) < 4.78 is 0. The van der Waals surface area contributed by atoms with Gasteiger partial charge in [0.25, 0.3) is 5.91 Å². The summed E-state index contributed by atoms with van der Waals surface area (Å²) in [4.78, 5) is 34.7. The van der Waals surface area contributed by atoms with Gasteiger partial charge in [0, 0.05) is 40.8 Å². The SMILES string of the molecule is O=C(N[C@@H]1CCCC[C@@H]1C(=O)N1CC[C@H]2[C@H](c3cncs3)Nc3ccccc3[C@@H]21)c1ccccc1. The predicted octanol–water partition coefficient (Wildman–Crippen LogP) is 5.19. The van der Waals surface area contributed by atoms with Crippen LogP contribution in [-0.2, 0) is 4.79 Å². The maximum absolute atomic E-state index is 14.1. The molecule has 1 saturated heterocycles. The summed E-state index contributed by atoms with van der Waals surface area (Å²) in [5.74, 6) is 0.219. The van der Waals surface area contributed by atoms with E-state index in [1.165, 1.54) is 10.4 Å². The topological polar surface area (TPSA) is 74.3 Å². The van der Waals surface area contributed by atoms with Crippen LogP contribution in [0, 0.1) is 11.8 Å². The van der Waals surface area contributed by atoms with Crippen molar-refractivity contribution in [2.45, 2.75) is 50.2 Å². The molecule has 6 rings (SSSR count). The number of nitrogens with one attached hydrogen (secondary N) is 2. The highest BCUT2D eigenvalue weighted by Crippen LogP contribution is 2.52. The Hall–Kier alpha value is -3.19. The second kappa shape index (κ2) is 9.46. The zero-order chi connectivity index (χ0) is 23.8. The number of thiazole rings is 1. The molecule has 1 saturated carbocycles. The Bertz CT molecular complexity index is 1200. The van der Waals surface area contributed by atoms with Crippen molar-refractivity contribution in [3.63, 3.8) is 0 Å². The van der Waals surface area contributed by atoms with Crippen molar-refractivity contribution in [2.75, 3.05) is 11.9 Å². The molecule has 3 aliphatic rings. The monoisotopic (exact) mass is 486 g/mol. The van der Waals surface area contributed by atoms with Crippen LogP contribution in [-0.4, -0.2) is 34.3 Å². The molecular weight excluding hydrogens is 456 g/mol. The Morgan fingerprint density at radius 3 is 2.63 bits per heavy atom. The maximum Gasteiger partial charge on any atom is 0.251 e. The van der Waals surface area contributed by atoms with Gasteiger partial charge < -0.3 is 15.5 Å². The summed E-state index contributed by atoms with van der Waals surface area (Å²) in [5, 5.41) is 6.94. The van der Waals surface area contributed by atoms with E-state index in [4.69, 9.17) is 0 Å². The minimum atomic E-state index is -0.181. The van der Waals surface area contributed by atoms with Gasteiger partial charge in [0.15, 0.2) is 0 Å². The van der Waals surface area contributed by atoms with E-state index in [9.17, 15) is 9.59 Å². The lowest BCUT2D eigenvalue weighted by molar-refractivity contribution is -0.138. The van der Waals surface area contributed by atoms with Crippen molar-refractivity contribution >= 4 is 28.8 Å². The number of benzene rings is 2. The van der Waals surface area contributed by atoms with Gasteiger partial charge in [0.2, 0.25) is 5.91 Å². The van der Waals surface area contributed by atoms with E-state index >= 15 is 0 Å². The van der Waals surface area contributed by atoms with Gasteiger partial charge in [0.05, 0.1) is 23.5 Å². The first kappa shape index (κ1) is 22.3. The summed E-state index contributed by atoms with van der Waals surface area (Å²) in [7, 11) is 0. The smallest absolute Gasteiger partial charge is 0.251 e. The molecule has 3 aromatic rings. The first-order chi connectivity index (χ1) is 17.2. The van der Waals surface area contributed by atoms with Crippen molar-refractivity contribution in [1.82, 2.24) is 15.2 Å². The largest absolute Gasteiger partial charge is 0.377 e. The predicted molar refractivity (Wildman–Crippen MR) is 137 cm³/mol. The molecule has 2 aliphatic heterocycles. The molecule has 5 atom stereocenters. The molecule has 6 nitrogen and oxygen atoms in total. The van der Waals surface area contributed by atoms with Crippen LogP contribution in [0.4, 0.5) is 5.69 Å². The van der Waals surface area contributed by atoms with Crippen molar-refractivity contribution in [2.24, 2.45) is 11.8 Å². The molecule has 0 spiro atoms. The van der Waals surface area contributed by atoms with Gasteiger partial charge >= 0.3 is 0 Å². The van der Waals surface area contributed by atoms with Gasteiger partial charge in [0.1, 0.15) is 0 Å². The molecule has 7 heteroatoms. The fraction of sp³-hybridized carbons (Fsp3) is 0.393. The van der Waals surface area contributed by atoms with Crippen LogP contribution in [0.1, 0.15) is 65.0 Å². The molecule has 35 heavy (non-hydrogen) atoms. The van der Waals surface area contributed by atoms with Gasteiger partial charge in [-0.1, -0.05) is 49.2 Å². The van der Waals surface area contributed by atoms with Crippen molar-refractivity contribution in [1.29, 1.82) is 0 Å². The van der Waals surface area contributed by atoms with E-state index < -0.39 is 0 Å². The van der Waals surface area contributed by atoms with Crippen LogP contribution < -0.4 is 10.6 Å². The second-order valence-electron chi connectivity index (χ2n) is 9.88. The zero-order valence-corrected chi connectivity index (χ0v) is 20.4. The number of carbonyl (C=O) groups excluding carboxylic acids is 2. The normalized spacial score (nSPS) is 27.4. The minimum Gasteiger partial charge on any atom is -0.377 e. The summed E-state index contributed by atoms with van der Waals surface area (Å²) in [6.07, 6.45) is 6.64. The first-order valence-corrected chi connectivity index (χ1v) is 13.5. The van der Waals surface area contributed by atoms with Crippen molar-refractivity contribution in [3.8, 4) is 0 Å². The number of anilines is 1. The fourth-order valence-electron chi connectivity index (χ4n) is 6.29. The zero-order valence-electron chi connectivity index (χ0n) is 19.6. The fourth-order valence-corrected chi connectivity index (χ4v) is 7.03. The Morgan fingerprint density at radius 2 is 1.80 bits per heavy atom. The average Bonchev–Trinajstić information content (AvgIpc) is 3.60. The Balaban J connectivity index is 1.27. The van der Waals surface area contributed by atoms with Gasteiger partial charge in [-0.25, -0.2) is 0 Å². The first-order valence-electron chi connectivity index (χ1n) is 12.6. The van der Waals surface area contributed by atoms with Gasteiger partial charge in [-0.3, -0.25) is 14.6 Å². The third-order valence-electron chi connectivity index (χ3n) is 7.94. The van der Waals surface area contributed by atoms with Crippen LogP contribution in [0.3, 0.4) is 0 Å². The van der Waals surface area contributed by atoms with Crippen LogP contribution in [0.15, 0.2) is 66.3 Å². The molecule has 0 bridgehead atoms. The van der Waals surface area contributed by atoms with Crippen molar-refractivity contribution < 1.29 is 9.59 Å². The molecule has 1 aromatic heterocycles. The third kappa shape index (κ3) is 4.12. The van der Waals surface area contributed by atoms with Crippen molar-refractivity contribution in [3.05, 3.63) is 82.3 Å². The summed E-state index contributed by atoms with van der Waals surface area (Å²) >= 11 is 1.67. The lowest BCUT2D eigenvalue weighted by Gasteiger charge is -2.41.